The van der Waals surface area contributed by atoms with E-state index in [0.717, 1.165) is 27.3 Å². The van der Waals surface area contributed by atoms with Crippen LogP contribution in [0.2, 0.25) is 0 Å². The van der Waals surface area contributed by atoms with Gasteiger partial charge in [0.2, 0.25) is 0 Å². The molecule has 2 aromatic carbocycles. The predicted octanol–water partition coefficient (Wildman–Crippen LogP) is 3.97. The number of aromatic nitrogens is 2. The second-order valence-corrected chi connectivity index (χ2v) is 7.90. The largest absolute Gasteiger partial charge is 0.486 e. The van der Waals surface area contributed by atoms with Crippen molar-refractivity contribution in [2.75, 3.05) is 13.2 Å². The molecule has 3 heterocycles. The molecule has 0 saturated carbocycles. The Balaban J connectivity index is 1.32. The van der Waals surface area contributed by atoms with E-state index in [1.807, 2.05) is 72.3 Å². The SMILES string of the molecule is Cc1nn(-c2ccccc2)c2sc(C(=O)NC[C@@H]3COc4ccccc4O3)cc12. The van der Waals surface area contributed by atoms with Crippen LogP contribution >= 0.6 is 11.3 Å². The van der Waals surface area contributed by atoms with Crippen LogP contribution in [0.15, 0.2) is 60.7 Å². The molecule has 1 amide bonds. The average Bonchev–Trinajstić information content (AvgIpc) is 3.33. The van der Waals surface area contributed by atoms with Gasteiger partial charge in [-0.3, -0.25) is 4.79 Å². The lowest BCUT2D eigenvalue weighted by Gasteiger charge is -2.26. The summed E-state index contributed by atoms with van der Waals surface area (Å²) in [4.78, 5) is 14.4. The minimum Gasteiger partial charge on any atom is -0.486 e. The van der Waals surface area contributed by atoms with Crippen molar-refractivity contribution in [2.45, 2.75) is 13.0 Å². The van der Waals surface area contributed by atoms with E-state index in [1.54, 1.807) is 0 Å². The molecule has 0 saturated heterocycles. The van der Waals surface area contributed by atoms with Crippen LogP contribution in [0, 0.1) is 6.92 Å². The van der Waals surface area contributed by atoms with Gasteiger partial charge in [-0.1, -0.05) is 30.3 Å². The number of ether oxygens (including phenoxy) is 2. The summed E-state index contributed by atoms with van der Waals surface area (Å²) in [6.07, 6.45) is -0.218. The monoisotopic (exact) mass is 405 g/mol. The molecule has 7 heteroatoms. The molecule has 0 spiro atoms. The van der Waals surface area contributed by atoms with Gasteiger partial charge in [0.25, 0.3) is 5.91 Å². The maximum Gasteiger partial charge on any atom is 0.261 e. The number of aryl methyl sites for hydroxylation is 1. The van der Waals surface area contributed by atoms with E-state index < -0.39 is 0 Å². The fourth-order valence-electron chi connectivity index (χ4n) is 3.36. The molecule has 146 valence electrons. The van der Waals surface area contributed by atoms with Crippen LogP contribution in [0.1, 0.15) is 15.4 Å². The molecule has 6 nitrogen and oxygen atoms in total. The lowest BCUT2D eigenvalue weighted by molar-refractivity contribution is 0.0791. The molecule has 0 unspecified atom stereocenters. The van der Waals surface area contributed by atoms with E-state index in [4.69, 9.17) is 9.47 Å². The van der Waals surface area contributed by atoms with Crippen LogP contribution in [0.5, 0.6) is 11.5 Å². The van der Waals surface area contributed by atoms with Gasteiger partial charge in [-0.15, -0.1) is 11.3 Å². The smallest absolute Gasteiger partial charge is 0.261 e. The third-order valence-electron chi connectivity index (χ3n) is 4.83. The summed E-state index contributed by atoms with van der Waals surface area (Å²) < 4.78 is 13.5. The van der Waals surface area contributed by atoms with Crippen LogP contribution in [-0.4, -0.2) is 34.9 Å². The van der Waals surface area contributed by atoms with E-state index in [2.05, 4.69) is 10.4 Å². The van der Waals surface area contributed by atoms with E-state index in [-0.39, 0.29) is 12.0 Å². The molecule has 0 radical (unpaired) electrons. The maximum absolute atomic E-state index is 12.7. The lowest BCUT2D eigenvalue weighted by Crippen LogP contribution is -2.40. The molecule has 29 heavy (non-hydrogen) atoms. The van der Waals surface area contributed by atoms with Crippen molar-refractivity contribution in [1.82, 2.24) is 15.1 Å². The van der Waals surface area contributed by atoms with Gasteiger partial charge in [-0.2, -0.15) is 5.10 Å². The summed E-state index contributed by atoms with van der Waals surface area (Å²) in [5.74, 6) is 1.33. The zero-order valence-corrected chi connectivity index (χ0v) is 16.6. The van der Waals surface area contributed by atoms with Gasteiger partial charge in [-0.25, -0.2) is 4.68 Å². The topological polar surface area (TPSA) is 65.4 Å². The fourth-order valence-corrected chi connectivity index (χ4v) is 4.46. The first-order valence-corrected chi connectivity index (χ1v) is 10.2. The number of amides is 1. The Morgan fingerprint density at radius 3 is 2.76 bits per heavy atom. The molecule has 4 aromatic rings. The van der Waals surface area contributed by atoms with Gasteiger partial charge in [0.1, 0.15) is 17.5 Å². The molecule has 1 N–H and O–H groups in total. The quantitative estimate of drug-likeness (QED) is 0.558. The number of benzene rings is 2. The zero-order valence-electron chi connectivity index (χ0n) is 15.8. The Labute approximate surface area is 171 Å². The first-order valence-electron chi connectivity index (χ1n) is 9.40. The number of carbonyl (C=O) groups is 1. The number of hydrogen-bond acceptors (Lipinski definition) is 5. The minimum absolute atomic E-state index is 0.118. The maximum atomic E-state index is 12.7. The fraction of sp³-hybridized carbons (Fsp3) is 0.182. The Morgan fingerprint density at radius 2 is 1.93 bits per heavy atom. The predicted molar refractivity (Wildman–Crippen MR) is 112 cm³/mol. The molecule has 0 fully saturated rings. The average molecular weight is 405 g/mol. The van der Waals surface area contributed by atoms with E-state index in [0.29, 0.717) is 23.8 Å². The lowest BCUT2D eigenvalue weighted by atomic mass is 10.2. The Kier molecular flexibility index (Phi) is 4.44. The van der Waals surface area contributed by atoms with E-state index in [9.17, 15) is 4.79 Å². The molecule has 0 aliphatic carbocycles. The number of thiophene rings is 1. The Morgan fingerprint density at radius 1 is 1.17 bits per heavy atom. The number of nitrogens with zero attached hydrogens (tertiary/aromatic N) is 2. The zero-order chi connectivity index (χ0) is 19.8. The van der Waals surface area contributed by atoms with Crippen LogP contribution in [-0.2, 0) is 0 Å². The number of carbonyl (C=O) groups excluding carboxylic acids is 1. The summed E-state index contributed by atoms with van der Waals surface area (Å²) in [6, 6.07) is 19.4. The van der Waals surface area contributed by atoms with Gasteiger partial charge in [-0.05, 0) is 37.3 Å². The van der Waals surface area contributed by atoms with Crippen molar-refractivity contribution in [3.8, 4) is 17.2 Å². The highest BCUT2D eigenvalue weighted by atomic mass is 32.1. The van der Waals surface area contributed by atoms with Gasteiger partial charge in [0, 0.05) is 5.39 Å². The summed E-state index contributed by atoms with van der Waals surface area (Å²) >= 11 is 1.44. The highest BCUT2D eigenvalue weighted by Crippen LogP contribution is 2.32. The van der Waals surface area contributed by atoms with Gasteiger partial charge in [0.15, 0.2) is 11.5 Å². The number of hydrogen-bond donors (Lipinski definition) is 1. The third kappa shape index (κ3) is 3.34. The Hall–Kier alpha value is -3.32. The summed E-state index contributed by atoms with van der Waals surface area (Å²) in [5.41, 5.74) is 1.88. The molecule has 0 bridgehead atoms. The number of fused-ring (bicyclic) bond motifs is 2. The Bertz CT molecular complexity index is 1180. The van der Waals surface area contributed by atoms with Gasteiger partial charge >= 0.3 is 0 Å². The first-order chi connectivity index (χ1) is 14.2. The second kappa shape index (κ2) is 7.25. The van der Waals surface area contributed by atoms with Crippen molar-refractivity contribution in [3.63, 3.8) is 0 Å². The van der Waals surface area contributed by atoms with E-state index >= 15 is 0 Å². The summed E-state index contributed by atoms with van der Waals surface area (Å²) in [7, 11) is 0. The van der Waals surface area contributed by atoms with E-state index in [1.165, 1.54) is 11.3 Å². The molecule has 2 aromatic heterocycles. The van der Waals surface area contributed by atoms with Crippen LogP contribution in [0.3, 0.4) is 0 Å². The highest BCUT2D eigenvalue weighted by molar-refractivity contribution is 7.20. The van der Waals surface area contributed by atoms with Gasteiger partial charge < -0.3 is 14.8 Å². The summed E-state index contributed by atoms with van der Waals surface area (Å²) in [6.45, 7) is 2.75. The normalized spacial score (nSPS) is 15.4. The van der Waals surface area contributed by atoms with Crippen molar-refractivity contribution in [1.29, 1.82) is 0 Å². The molecular weight excluding hydrogens is 386 g/mol. The van der Waals surface area contributed by atoms with Crippen molar-refractivity contribution < 1.29 is 14.3 Å². The second-order valence-electron chi connectivity index (χ2n) is 6.87. The molecule has 5 rings (SSSR count). The number of nitrogens with one attached hydrogen (secondary N) is 1. The highest BCUT2D eigenvalue weighted by Gasteiger charge is 2.22. The van der Waals surface area contributed by atoms with Crippen molar-refractivity contribution in [3.05, 3.63) is 71.2 Å². The third-order valence-corrected chi connectivity index (χ3v) is 5.94. The molecule has 1 atom stereocenters. The summed E-state index contributed by atoms with van der Waals surface area (Å²) in [5, 5.41) is 8.58. The van der Waals surface area contributed by atoms with Crippen molar-refractivity contribution >= 4 is 27.5 Å². The minimum atomic E-state index is -0.218. The first kappa shape index (κ1) is 17.8. The number of rotatable bonds is 4. The van der Waals surface area contributed by atoms with Crippen LogP contribution in [0.4, 0.5) is 0 Å². The van der Waals surface area contributed by atoms with Crippen LogP contribution < -0.4 is 14.8 Å². The molecule has 1 aliphatic rings. The van der Waals surface area contributed by atoms with Gasteiger partial charge in [0.05, 0.1) is 22.8 Å². The molecular formula is C22H19N3O3S. The van der Waals surface area contributed by atoms with Crippen LogP contribution in [0.25, 0.3) is 15.9 Å². The molecule has 1 aliphatic heterocycles. The number of para-hydroxylation sites is 3. The standard InChI is InChI=1S/C22H19N3O3S/c1-14-17-11-20(29-22(17)25(24-14)15-7-3-2-4-8-15)21(26)23-12-16-13-27-18-9-5-6-10-19(18)28-16/h2-11,16H,12-13H2,1H3,(H,23,26)/t16-/m1/s1. The van der Waals surface area contributed by atoms with Crippen molar-refractivity contribution in [2.24, 2.45) is 0 Å².